The number of ether oxygens (including phenoxy) is 1. The summed E-state index contributed by atoms with van der Waals surface area (Å²) in [6.07, 6.45) is 5.72. The third kappa shape index (κ3) is 8.70. The number of pyridine rings is 1. The van der Waals surface area contributed by atoms with Gasteiger partial charge in [-0.1, -0.05) is 42.5 Å². The lowest BCUT2D eigenvalue weighted by Crippen LogP contribution is -2.39. The van der Waals surface area contributed by atoms with Crippen LogP contribution in [0.5, 0.6) is 0 Å². The molecule has 0 saturated heterocycles. The number of rotatable bonds is 9. The van der Waals surface area contributed by atoms with E-state index in [0.29, 0.717) is 62.0 Å². The van der Waals surface area contributed by atoms with Crippen LogP contribution < -0.4 is 16.4 Å². The standard InChI is InChI=1S/C36H37FN8O3/c1-36(2,3)48-35(47)45-16-13-27(14-17-45)31-32(39)41-22-30(44-31)26-8-4-24(5-9-26)20-42-33-29(18-25(19-38)21-43-33)34(46)40-15-12-23-6-10-28(37)11-7-23/h4-11,13,18,21-22H,12,14-17,20H2,1-3H3,(H2,39,41)(H,40,46)(H,42,43). The number of hydrogen-bond acceptors (Lipinski definition) is 9. The molecule has 2 aromatic heterocycles. The number of nitrogens with one attached hydrogen (secondary N) is 2. The Labute approximate surface area is 278 Å². The molecule has 0 spiro atoms. The van der Waals surface area contributed by atoms with Crippen molar-refractivity contribution >= 4 is 29.2 Å². The number of carbonyl (C=O) groups excluding carboxylic acids is 2. The summed E-state index contributed by atoms with van der Waals surface area (Å²) in [5.41, 5.74) is 11.0. The third-order valence-corrected chi connectivity index (χ3v) is 7.55. The second-order valence-corrected chi connectivity index (χ2v) is 12.3. The Morgan fingerprint density at radius 2 is 1.79 bits per heavy atom. The number of halogens is 1. The van der Waals surface area contributed by atoms with Crippen LogP contribution >= 0.6 is 0 Å². The summed E-state index contributed by atoms with van der Waals surface area (Å²) in [5.74, 6) is -0.0222. The topological polar surface area (TPSA) is 159 Å². The van der Waals surface area contributed by atoms with Crippen LogP contribution in [0.4, 0.5) is 20.8 Å². The van der Waals surface area contributed by atoms with Crippen molar-refractivity contribution in [2.75, 3.05) is 30.7 Å². The van der Waals surface area contributed by atoms with Crippen molar-refractivity contribution in [3.63, 3.8) is 0 Å². The number of hydrogen-bond donors (Lipinski definition) is 3. The van der Waals surface area contributed by atoms with Crippen LogP contribution in [0.15, 0.2) is 73.1 Å². The van der Waals surface area contributed by atoms with Crippen molar-refractivity contribution in [1.29, 1.82) is 5.26 Å². The minimum Gasteiger partial charge on any atom is -0.444 e. The first kappa shape index (κ1) is 33.5. The molecule has 48 heavy (non-hydrogen) atoms. The zero-order valence-electron chi connectivity index (χ0n) is 27.1. The number of nitrogen functional groups attached to an aromatic ring is 1. The van der Waals surface area contributed by atoms with Gasteiger partial charge in [-0.25, -0.2) is 24.1 Å². The molecule has 5 rings (SSSR count). The van der Waals surface area contributed by atoms with E-state index in [1.54, 1.807) is 23.2 Å². The molecule has 0 aliphatic carbocycles. The Morgan fingerprint density at radius 3 is 2.46 bits per heavy atom. The maximum Gasteiger partial charge on any atom is 0.410 e. The second-order valence-electron chi connectivity index (χ2n) is 12.3. The fourth-order valence-corrected chi connectivity index (χ4v) is 5.04. The Hall–Kier alpha value is -5.83. The zero-order valence-corrected chi connectivity index (χ0v) is 27.1. The predicted octanol–water partition coefficient (Wildman–Crippen LogP) is 5.74. The molecule has 0 fully saturated rings. The summed E-state index contributed by atoms with van der Waals surface area (Å²) in [6, 6.07) is 17.4. The van der Waals surface area contributed by atoms with Crippen molar-refractivity contribution in [3.8, 4) is 17.3 Å². The minimum absolute atomic E-state index is 0.251. The number of benzene rings is 2. The van der Waals surface area contributed by atoms with Crippen LogP contribution in [-0.4, -0.2) is 57.1 Å². The minimum atomic E-state index is -0.565. The van der Waals surface area contributed by atoms with E-state index in [1.165, 1.54) is 24.4 Å². The average Bonchev–Trinajstić information content (AvgIpc) is 3.08. The molecule has 1 aliphatic heterocycles. The molecule has 246 valence electrons. The van der Waals surface area contributed by atoms with Crippen molar-refractivity contribution in [2.24, 2.45) is 0 Å². The molecule has 0 saturated carbocycles. The van der Waals surface area contributed by atoms with Crippen molar-refractivity contribution in [1.82, 2.24) is 25.2 Å². The smallest absolute Gasteiger partial charge is 0.410 e. The van der Waals surface area contributed by atoms with Gasteiger partial charge in [-0.2, -0.15) is 5.26 Å². The fourth-order valence-electron chi connectivity index (χ4n) is 5.04. The van der Waals surface area contributed by atoms with Crippen LogP contribution in [0, 0.1) is 17.1 Å². The fraction of sp³-hybridized carbons (Fsp3) is 0.278. The summed E-state index contributed by atoms with van der Waals surface area (Å²) >= 11 is 0. The SMILES string of the molecule is CC(C)(C)OC(=O)N1CC=C(c2nc(-c3ccc(CNc4ncc(C#N)cc4C(=O)NCCc4ccc(F)cc4)cc3)cnc2N)CC1. The average molecular weight is 649 g/mol. The van der Waals surface area contributed by atoms with Crippen LogP contribution in [0.1, 0.15) is 59.9 Å². The van der Waals surface area contributed by atoms with E-state index in [9.17, 15) is 19.2 Å². The molecule has 0 radical (unpaired) electrons. The van der Waals surface area contributed by atoms with E-state index in [0.717, 1.165) is 22.3 Å². The molecule has 11 nitrogen and oxygen atoms in total. The summed E-state index contributed by atoms with van der Waals surface area (Å²) in [7, 11) is 0. The van der Waals surface area contributed by atoms with Gasteiger partial charge in [0.15, 0.2) is 0 Å². The molecule has 1 aliphatic rings. The lowest BCUT2D eigenvalue weighted by Gasteiger charge is -2.29. The monoisotopic (exact) mass is 648 g/mol. The number of nitrogens with two attached hydrogens (primary N) is 1. The molecule has 12 heteroatoms. The molecular weight excluding hydrogens is 611 g/mol. The summed E-state index contributed by atoms with van der Waals surface area (Å²) < 4.78 is 18.7. The van der Waals surface area contributed by atoms with E-state index in [-0.39, 0.29) is 28.9 Å². The molecule has 2 aromatic carbocycles. The number of carbonyl (C=O) groups is 2. The number of aromatic nitrogens is 3. The van der Waals surface area contributed by atoms with Gasteiger partial charge in [0.05, 0.1) is 23.0 Å². The van der Waals surface area contributed by atoms with E-state index in [2.05, 4.69) is 20.6 Å². The van der Waals surface area contributed by atoms with Crippen LogP contribution in [0.25, 0.3) is 16.8 Å². The Balaban J connectivity index is 1.22. The molecule has 0 unspecified atom stereocenters. The summed E-state index contributed by atoms with van der Waals surface area (Å²) in [6.45, 7) is 7.10. The summed E-state index contributed by atoms with van der Waals surface area (Å²) in [4.78, 5) is 40.7. The van der Waals surface area contributed by atoms with Crippen LogP contribution in [0.3, 0.4) is 0 Å². The Kier molecular flexibility index (Phi) is 10.3. The van der Waals surface area contributed by atoms with Crippen molar-refractivity contribution in [2.45, 2.75) is 45.8 Å². The highest BCUT2D eigenvalue weighted by Gasteiger charge is 2.25. The molecule has 0 bridgehead atoms. The zero-order chi connectivity index (χ0) is 34.3. The van der Waals surface area contributed by atoms with Gasteiger partial charge in [-0.05, 0) is 68.5 Å². The number of nitrogens with zero attached hydrogens (tertiary/aromatic N) is 5. The van der Waals surface area contributed by atoms with Crippen LogP contribution in [-0.2, 0) is 17.7 Å². The predicted molar refractivity (Wildman–Crippen MR) is 181 cm³/mol. The molecule has 3 heterocycles. The highest BCUT2D eigenvalue weighted by Crippen LogP contribution is 2.28. The van der Waals surface area contributed by atoms with Gasteiger partial charge in [0.1, 0.15) is 34.8 Å². The lowest BCUT2D eigenvalue weighted by molar-refractivity contribution is 0.0270. The number of amides is 2. The van der Waals surface area contributed by atoms with Gasteiger partial charge >= 0.3 is 6.09 Å². The first-order chi connectivity index (χ1) is 23.0. The molecule has 2 amide bonds. The highest BCUT2D eigenvalue weighted by molar-refractivity contribution is 5.99. The van der Waals surface area contributed by atoms with Gasteiger partial charge in [-0.3, -0.25) is 4.79 Å². The number of nitriles is 1. The van der Waals surface area contributed by atoms with Crippen molar-refractivity contribution < 1.29 is 18.7 Å². The summed E-state index contributed by atoms with van der Waals surface area (Å²) in [5, 5.41) is 15.4. The van der Waals surface area contributed by atoms with Crippen molar-refractivity contribution in [3.05, 3.63) is 107 Å². The quantitative estimate of drug-likeness (QED) is 0.206. The third-order valence-electron chi connectivity index (χ3n) is 7.55. The van der Waals surface area contributed by atoms with Gasteiger partial charge < -0.3 is 26.0 Å². The second kappa shape index (κ2) is 14.7. The Bertz CT molecular complexity index is 1860. The van der Waals surface area contributed by atoms with E-state index in [4.69, 9.17) is 15.5 Å². The molecule has 4 N–H and O–H groups in total. The van der Waals surface area contributed by atoms with Gasteiger partial charge in [0.25, 0.3) is 5.91 Å². The maximum atomic E-state index is 13.2. The Morgan fingerprint density at radius 1 is 1.06 bits per heavy atom. The van der Waals surface area contributed by atoms with Crippen LogP contribution in [0.2, 0.25) is 0 Å². The van der Waals surface area contributed by atoms with Gasteiger partial charge in [0, 0.05) is 37.9 Å². The normalized spacial score (nSPS) is 12.9. The first-order valence-electron chi connectivity index (χ1n) is 15.5. The highest BCUT2D eigenvalue weighted by atomic mass is 19.1. The molecule has 4 aromatic rings. The largest absolute Gasteiger partial charge is 0.444 e. The first-order valence-corrected chi connectivity index (χ1v) is 15.5. The van der Waals surface area contributed by atoms with E-state index >= 15 is 0 Å². The van der Waals surface area contributed by atoms with Gasteiger partial charge in [-0.15, -0.1) is 0 Å². The number of anilines is 2. The van der Waals surface area contributed by atoms with E-state index < -0.39 is 5.60 Å². The van der Waals surface area contributed by atoms with E-state index in [1.807, 2.05) is 57.2 Å². The molecular formula is C36H37FN8O3. The molecule has 0 atom stereocenters. The lowest BCUT2D eigenvalue weighted by atomic mass is 10.0. The van der Waals surface area contributed by atoms with Gasteiger partial charge in [0.2, 0.25) is 0 Å². The maximum absolute atomic E-state index is 13.2.